The van der Waals surface area contributed by atoms with Crippen LogP contribution in [-0.4, -0.2) is 14.6 Å². The first-order chi connectivity index (χ1) is 13.9. The molecule has 3 nitrogen and oxygen atoms in total. The zero-order chi connectivity index (χ0) is 23.1. The van der Waals surface area contributed by atoms with E-state index in [2.05, 4.69) is 24.8 Å². The van der Waals surface area contributed by atoms with E-state index in [0.717, 1.165) is 45.0 Å². The Balaban J connectivity index is 0. The van der Waals surface area contributed by atoms with Gasteiger partial charge in [-0.3, -0.25) is 0 Å². The predicted molar refractivity (Wildman–Crippen MR) is 133 cm³/mol. The summed E-state index contributed by atoms with van der Waals surface area (Å²) in [6.45, 7) is 31.7. The van der Waals surface area contributed by atoms with Crippen LogP contribution in [0.4, 0.5) is 0 Å². The Labute approximate surface area is 179 Å². The van der Waals surface area contributed by atoms with Gasteiger partial charge in [0.05, 0.1) is 11.4 Å². The van der Waals surface area contributed by atoms with Gasteiger partial charge in [-0.15, -0.1) is 0 Å². The summed E-state index contributed by atoms with van der Waals surface area (Å²) in [5, 5.41) is 4.63. The van der Waals surface area contributed by atoms with E-state index in [1.165, 1.54) is 0 Å². The Morgan fingerprint density at radius 1 is 1.00 bits per heavy atom. The quantitative estimate of drug-likeness (QED) is 0.478. The largest absolute Gasteiger partial charge is 0.228 e. The molecule has 0 atom stereocenters. The van der Waals surface area contributed by atoms with Gasteiger partial charge in [-0.2, -0.15) is 5.10 Å². The summed E-state index contributed by atoms with van der Waals surface area (Å²) < 4.78 is 1.88. The summed E-state index contributed by atoms with van der Waals surface area (Å²) in [6.07, 6.45) is 7.57. The molecule has 0 amide bonds. The zero-order valence-corrected chi connectivity index (χ0v) is 20.3. The number of rotatable bonds is 5. The standard InChI is InChI=1S/C20H23N3.3C2H6/c1-8-10-14(5)18-12-15(6)23-20(21-18)19(16(7)22-23)17(9-2)11-13(3)4;3*1-2/h8-12H,1-3H2,4-7H3;3*1-2H3/b14-10+,17-11+;;;. The minimum Gasteiger partial charge on any atom is -0.228 e. The fraction of sp³-hybridized carbons (Fsp3) is 0.385. The molecule has 0 saturated carbocycles. The number of allylic oxidation sites excluding steroid dienone is 7. The maximum absolute atomic E-state index is 4.82. The third-order valence-electron chi connectivity index (χ3n) is 3.62. The van der Waals surface area contributed by atoms with Crippen LogP contribution in [0.15, 0.2) is 55.7 Å². The van der Waals surface area contributed by atoms with E-state index in [0.29, 0.717) is 0 Å². The highest BCUT2D eigenvalue weighted by Gasteiger charge is 2.16. The van der Waals surface area contributed by atoms with Gasteiger partial charge in [0.15, 0.2) is 5.65 Å². The minimum absolute atomic E-state index is 0.835. The van der Waals surface area contributed by atoms with Gasteiger partial charge in [-0.25, -0.2) is 9.50 Å². The molecular weight excluding hydrogens is 354 g/mol. The molecule has 0 radical (unpaired) electrons. The van der Waals surface area contributed by atoms with E-state index in [1.807, 2.05) is 98.0 Å². The van der Waals surface area contributed by atoms with E-state index in [4.69, 9.17) is 4.98 Å². The topological polar surface area (TPSA) is 30.2 Å². The van der Waals surface area contributed by atoms with Crippen molar-refractivity contribution in [2.75, 3.05) is 0 Å². The van der Waals surface area contributed by atoms with Gasteiger partial charge < -0.3 is 0 Å². The van der Waals surface area contributed by atoms with Gasteiger partial charge >= 0.3 is 0 Å². The lowest BCUT2D eigenvalue weighted by atomic mass is 10.0. The van der Waals surface area contributed by atoms with Crippen molar-refractivity contribution in [1.82, 2.24) is 14.6 Å². The van der Waals surface area contributed by atoms with Crippen molar-refractivity contribution in [3.8, 4) is 0 Å². The van der Waals surface area contributed by atoms with E-state index >= 15 is 0 Å². The molecule has 0 N–H and O–H groups in total. The van der Waals surface area contributed by atoms with Gasteiger partial charge in [-0.05, 0) is 44.9 Å². The van der Waals surface area contributed by atoms with Gasteiger partial charge in [0.2, 0.25) is 0 Å². The first-order valence-corrected chi connectivity index (χ1v) is 10.6. The lowest BCUT2D eigenvalue weighted by molar-refractivity contribution is 0.874. The summed E-state index contributed by atoms with van der Waals surface area (Å²) in [7, 11) is 0. The monoisotopic (exact) mass is 395 g/mol. The third kappa shape index (κ3) is 7.69. The van der Waals surface area contributed by atoms with E-state index in [1.54, 1.807) is 6.08 Å². The molecule has 0 saturated heterocycles. The van der Waals surface area contributed by atoms with Crippen LogP contribution in [0.3, 0.4) is 0 Å². The Morgan fingerprint density at radius 2 is 1.55 bits per heavy atom. The number of aromatic nitrogens is 3. The fourth-order valence-corrected chi connectivity index (χ4v) is 2.57. The molecule has 2 aromatic rings. The highest BCUT2D eigenvalue weighted by molar-refractivity contribution is 5.85. The predicted octanol–water partition coefficient (Wildman–Crippen LogP) is 8.16. The van der Waals surface area contributed by atoms with Gasteiger partial charge in [-0.1, -0.05) is 91.2 Å². The van der Waals surface area contributed by atoms with E-state index in [-0.39, 0.29) is 0 Å². The summed E-state index contributed by atoms with van der Waals surface area (Å²) >= 11 is 0. The van der Waals surface area contributed by atoms with Crippen LogP contribution < -0.4 is 0 Å². The van der Waals surface area contributed by atoms with Crippen molar-refractivity contribution in [3.63, 3.8) is 0 Å². The molecule has 0 aliphatic heterocycles. The van der Waals surface area contributed by atoms with Crippen LogP contribution in [0.1, 0.15) is 78.0 Å². The van der Waals surface area contributed by atoms with Gasteiger partial charge in [0, 0.05) is 11.3 Å². The molecule has 0 aromatic carbocycles. The van der Waals surface area contributed by atoms with Crippen LogP contribution in [0.5, 0.6) is 0 Å². The Kier molecular flexibility index (Phi) is 15.0. The fourth-order valence-electron chi connectivity index (χ4n) is 2.57. The number of hydrogen-bond acceptors (Lipinski definition) is 2. The van der Waals surface area contributed by atoms with Crippen LogP contribution in [-0.2, 0) is 0 Å². The summed E-state index contributed by atoms with van der Waals surface area (Å²) in [6, 6.07) is 2.04. The lowest BCUT2D eigenvalue weighted by Crippen LogP contribution is -1.99. The molecule has 0 aliphatic carbocycles. The zero-order valence-electron chi connectivity index (χ0n) is 20.3. The van der Waals surface area contributed by atoms with Crippen molar-refractivity contribution in [3.05, 3.63) is 78.3 Å². The lowest BCUT2D eigenvalue weighted by Gasteiger charge is -2.07. The molecule has 0 aliphatic rings. The molecule has 0 unspecified atom stereocenters. The van der Waals surface area contributed by atoms with E-state index in [9.17, 15) is 0 Å². The first kappa shape index (κ1) is 28.5. The average Bonchev–Trinajstić information content (AvgIpc) is 3.07. The van der Waals surface area contributed by atoms with Crippen molar-refractivity contribution in [2.24, 2.45) is 0 Å². The highest BCUT2D eigenvalue weighted by atomic mass is 15.3. The maximum Gasteiger partial charge on any atom is 0.163 e. The van der Waals surface area contributed by atoms with Crippen LogP contribution in [0.2, 0.25) is 0 Å². The van der Waals surface area contributed by atoms with Crippen molar-refractivity contribution in [2.45, 2.75) is 69.2 Å². The molecule has 29 heavy (non-hydrogen) atoms. The average molecular weight is 396 g/mol. The van der Waals surface area contributed by atoms with Gasteiger partial charge in [0.1, 0.15) is 0 Å². The second-order valence-electron chi connectivity index (χ2n) is 5.71. The Bertz CT molecular complexity index is 862. The SMILES string of the molecule is C=C/C=C(\C)c1cc(C)n2nc(C)c(/C(C=C)=C/C(=C)C)c2n1.CC.CC.CC. The van der Waals surface area contributed by atoms with Crippen molar-refractivity contribution < 1.29 is 0 Å². The first-order valence-electron chi connectivity index (χ1n) is 10.6. The van der Waals surface area contributed by atoms with Crippen LogP contribution >= 0.6 is 0 Å². The summed E-state index contributed by atoms with van der Waals surface area (Å²) in [5.41, 5.74) is 7.74. The molecule has 3 heteroatoms. The van der Waals surface area contributed by atoms with Crippen molar-refractivity contribution in [1.29, 1.82) is 0 Å². The second-order valence-corrected chi connectivity index (χ2v) is 5.71. The molecule has 160 valence electrons. The smallest absolute Gasteiger partial charge is 0.163 e. The number of aryl methyl sites for hydroxylation is 2. The summed E-state index contributed by atoms with van der Waals surface area (Å²) in [5.74, 6) is 0. The maximum atomic E-state index is 4.82. The Morgan fingerprint density at radius 3 is 2.00 bits per heavy atom. The second kappa shape index (κ2) is 15.3. The molecule has 2 heterocycles. The minimum atomic E-state index is 0.835. The normalized spacial score (nSPS) is 10.6. The summed E-state index contributed by atoms with van der Waals surface area (Å²) in [4.78, 5) is 4.82. The van der Waals surface area contributed by atoms with Gasteiger partial charge in [0.25, 0.3) is 0 Å². The third-order valence-corrected chi connectivity index (χ3v) is 3.62. The number of fused-ring (bicyclic) bond motifs is 1. The highest BCUT2D eigenvalue weighted by Crippen LogP contribution is 2.27. The number of hydrogen-bond donors (Lipinski definition) is 0. The van der Waals surface area contributed by atoms with Crippen LogP contribution in [0, 0.1) is 13.8 Å². The molecular formula is C26H41N3. The van der Waals surface area contributed by atoms with Crippen molar-refractivity contribution >= 4 is 16.8 Å². The number of nitrogens with zero attached hydrogens (tertiary/aromatic N) is 3. The van der Waals surface area contributed by atoms with Crippen LogP contribution in [0.25, 0.3) is 16.8 Å². The molecule has 2 aromatic heterocycles. The molecule has 0 fully saturated rings. The molecule has 0 bridgehead atoms. The molecule has 2 rings (SSSR count). The van der Waals surface area contributed by atoms with E-state index < -0.39 is 0 Å². The Hall–Kier alpha value is -2.68. The molecule has 0 spiro atoms.